The summed E-state index contributed by atoms with van der Waals surface area (Å²) in [5.74, 6) is 0.233. The van der Waals surface area contributed by atoms with Gasteiger partial charge in [-0.3, -0.25) is 4.79 Å². The molecule has 1 amide bonds. The zero-order chi connectivity index (χ0) is 21.6. The summed E-state index contributed by atoms with van der Waals surface area (Å²) in [5, 5.41) is 2.79. The van der Waals surface area contributed by atoms with E-state index < -0.39 is 22.0 Å². The third-order valence-corrected chi connectivity index (χ3v) is 5.88. The smallest absolute Gasteiger partial charge is 0.247 e. The molecule has 1 N–H and O–H groups in total. The van der Waals surface area contributed by atoms with Crippen LogP contribution in [-0.4, -0.2) is 31.9 Å². The molecule has 3 rings (SSSR count). The predicted octanol–water partition coefficient (Wildman–Crippen LogP) is 3.84. The normalized spacial score (nSPS) is 12.4. The van der Waals surface area contributed by atoms with Crippen LogP contribution in [0.4, 0.5) is 5.69 Å². The number of nitrogens with one attached hydrogen (secondary N) is 1. The molecule has 1 unspecified atom stereocenters. The Morgan fingerprint density at radius 1 is 0.933 bits per heavy atom. The molecule has 0 saturated heterocycles. The second-order valence-electron chi connectivity index (χ2n) is 6.88. The van der Waals surface area contributed by atoms with Gasteiger partial charge in [0.15, 0.2) is 0 Å². The van der Waals surface area contributed by atoms with Crippen molar-refractivity contribution in [3.8, 4) is 5.75 Å². The van der Waals surface area contributed by atoms with E-state index in [0.29, 0.717) is 23.6 Å². The van der Waals surface area contributed by atoms with E-state index in [0.717, 1.165) is 16.1 Å². The number of hydrogen-bond donors (Lipinski definition) is 1. The number of rotatable bonds is 8. The van der Waals surface area contributed by atoms with Gasteiger partial charge in [0.2, 0.25) is 15.9 Å². The van der Waals surface area contributed by atoms with E-state index in [1.807, 2.05) is 36.4 Å². The number of carbonyl (C=O) groups is 1. The van der Waals surface area contributed by atoms with Crippen LogP contribution in [0.15, 0.2) is 84.9 Å². The molecule has 3 aromatic rings. The van der Waals surface area contributed by atoms with Crippen molar-refractivity contribution in [1.29, 1.82) is 0 Å². The third kappa shape index (κ3) is 5.68. The maximum atomic E-state index is 12.9. The Balaban J connectivity index is 1.71. The van der Waals surface area contributed by atoms with Gasteiger partial charge in [0.05, 0.1) is 6.26 Å². The highest BCUT2D eigenvalue weighted by molar-refractivity contribution is 7.88. The van der Waals surface area contributed by atoms with E-state index in [1.54, 1.807) is 48.5 Å². The van der Waals surface area contributed by atoms with Crippen LogP contribution in [0.5, 0.6) is 5.75 Å². The number of ether oxygens (including phenoxy) is 1. The topological polar surface area (TPSA) is 75.7 Å². The fourth-order valence-corrected chi connectivity index (χ4v) is 3.54. The Morgan fingerprint density at radius 3 is 2.07 bits per heavy atom. The summed E-state index contributed by atoms with van der Waals surface area (Å²) in [4.78, 5) is 12.9. The molecular formula is C23H24N2O4S. The summed E-state index contributed by atoms with van der Waals surface area (Å²) in [6, 6.07) is 24.6. The fourth-order valence-electron chi connectivity index (χ4n) is 2.94. The van der Waals surface area contributed by atoms with Gasteiger partial charge in [0, 0.05) is 12.7 Å². The molecule has 0 heterocycles. The van der Waals surface area contributed by atoms with E-state index in [2.05, 4.69) is 5.32 Å². The lowest BCUT2D eigenvalue weighted by Gasteiger charge is -2.25. The lowest BCUT2D eigenvalue weighted by Crippen LogP contribution is -2.38. The molecule has 0 aliphatic rings. The molecule has 0 aliphatic heterocycles. The molecule has 0 radical (unpaired) electrons. The number of nitrogens with zero attached hydrogens (tertiary/aromatic N) is 1. The molecule has 0 aliphatic carbocycles. The van der Waals surface area contributed by atoms with Crippen LogP contribution in [0.3, 0.4) is 0 Å². The zero-order valence-electron chi connectivity index (χ0n) is 16.9. The molecule has 0 spiro atoms. The minimum Gasteiger partial charge on any atom is -0.489 e. The Bertz CT molecular complexity index is 1070. The molecular weight excluding hydrogens is 400 g/mol. The summed E-state index contributed by atoms with van der Waals surface area (Å²) >= 11 is 0. The zero-order valence-corrected chi connectivity index (χ0v) is 17.7. The Hall–Kier alpha value is -3.16. The van der Waals surface area contributed by atoms with Crippen molar-refractivity contribution in [2.24, 2.45) is 0 Å². The van der Waals surface area contributed by atoms with E-state index >= 15 is 0 Å². The van der Waals surface area contributed by atoms with E-state index in [1.165, 1.54) is 7.05 Å². The second-order valence-corrected chi connectivity index (χ2v) is 8.92. The standard InChI is InChI=1S/C23H24N2O4S/c1-25(30(2,27)28)22(19-11-7-4-8-12-19)23(26)24-20-13-15-21(16-14-20)29-17-18-9-5-3-6-10-18/h3-16,22H,17H2,1-2H3,(H,24,26). The number of likely N-dealkylation sites (N-methyl/N-ethyl adjacent to an activating group) is 1. The summed E-state index contributed by atoms with van der Waals surface area (Å²) in [6.45, 7) is 0.446. The highest BCUT2D eigenvalue weighted by Gasteiger charge is 2.30. The van der Waals surface area contributed by atoms with Crippen molar-refractivity contribution in [2.45, 2.75) is 12.6 Å². The van der Waals surface area contributed by atoms with E-state index in [-0.39, 0.29) is 0 Å². The number of sulfonamides is 1. The molecule has 0 saturated carbocycles. The van der Waals surface area contributed by atoms with Gasteiger partial charge in [0.1, 0.15) is 18.4 Å². The predicted molar refractivity (Wildman–Crippen MR) is 118 cm³/mol. The number of amides is 1. The highest BCUT2D eigenvalue weighted by Crippen LogP contribution is 2.24. The largest absolute Gasteiger partial charge is 0.489 e. The quantitative estimate of drug-likeness (QED) is 0.596. The Kier molecular flexibility index (Phi) is 6.87. The first-order valence-corrected chi connectivity index (χ1v) is 11.2. The molecule has 1 atom stereocenters. The third-order valence-electron chi connectivity index (χ3n) is 4.62. The van der Waals surface area contributed by atoms with Crippen LogP contribution in [-0.2, 0) is 21.4 Å². The monoisotopic (exact) mass is 424 g/mol. The summed E-state index contributed by atoms with van der Waals surface area (Å²) in [6.07, 6.45) is 1.08. The van der Waals surface area contributed by atoms with Gasteiger partial charge in [-0.1, -0.05) is 60.7 Å². The average Bonchev–Trinajstić information content (AvgIpc) is 2.74. The number of anilines is 1. The van der Waals surface area contributed by atoms with Crippen LogP contribution in [0.1, 0.15) is 17.2 Å². The maximum absolute atomic E-state index is 12.9. The van der Waals surface area contributed by atoms with Crippen LogP contribution in [0.25, 0.3) is 0 Å². The van der Waals surface area contributed by atoms with Crippen molar-refractivity contribution in [3.05, 3.63) is 96.1 Å². The van der Waals surface area contributed by atoms with Gasteiger partial charge in [-0.2, -0.15) is 4.31 Å². The summed E-state index contributed by atoms with van der Waals surface area (Å²) in [5.41, 5.74) is 2.20. The molecule has 0 aromatic heterocycles. The molecule has 30 heavy (non-hydrogen) atoms. The Morgan fingerprint density at radius 2 is 1.50 bits per heavy atom. The molecule has 3 aromatic carbocycles. The highest BCUT2D eigenvalue weighted by atomic mass is 32.2. The lowest BCUT2D eigenvalue weighted by molar-refractivity contribution is -0.119. The minimum absolute atomic E-state index is 0.438. The van der Waals surface area contributed by atoms with E-state index in [4.69, 9.17) is 4.74 Å². The number of hydrogen-bond acceptors (Lipinski definition) is 4. The van der Waals surface area contributed by atoms with Crippen molar-refractivity contribution < 1.29 is 17.9 Å². The van der Waals surface area contributed by atoms with Crippen molar-refractivity contribution >= 4 is 21.6 Å². The molecule has 6 nitrogen and oxygen atoms in total. The molecule has 156 valence electrons. The van der Waals surface area contributed by atoms with E-state index in [9.17, 15) is 13.2 Å². The molecule has 0 fully saturated rings. The van der Waals surface area contributed by atoms with Gasteiger partial charge >= 0.3 is 0 Å². The number of carbonyl (C=O) groups excluding carboxylic acids is 1. The van der Waals surface area contributed by atoms with Crippen LogP contribution in [0.2, 0.25) is 0 Å². The summed E-state index contributed by atoms with van der Waals surface area (Å²) < 4.78 is 30.9. The minimum atomic E-state index is -3.58. The van der Waals surface area contributed by atoms with Crippen LogP contribution < -0.4 is 10.1 Å². The first-order chi connectivity index (χ1) is 14.3. The van der Waals surface area contributed by atoms with Gasteiger partial charge in [0.25, 0.3) is 0 Å². The van der Waals surface area contributed by atoms with Crippen molar-refractivity contribution in [2.75, 3.05) is 18.6 Å². The van der Waals surface area contributed by atoms with Gasteiger partial charge in [-0.25, -0.2) is 8.42 Å². The van der Waals surface area contributed by atoms with Crippen molar-refractivity contribution in [3.63, 3.8) is 0 Å². The van der Waals surface area contributed by atoms with Gasteiger partial charge < -0.3 is 10.1 Å². The summed E-state index contributed by atoms with van der Waals surface area (Å²) in [7, 11) is -2.18. The lowest BCUT2D eigenvalue weighted by atomic mass is 10.1. The molecule has 7 heteroatoms. The molecule has 0 bridgehead atoms. The van der Waals surface area contributed by atoms with Crippen LogP contribution >= 0.6 is 0 Å². The second kappa shape index (κ2) is 9.56. The average molecular weight is 425 g/mol. The SMILES string of the molecule is CN(C(C(=O)Nc1ccc(OCc2ccccc2)cc1)c1ccccc1)S(C)(=O)=O. The first-order valence-electron chi connectivity index (χ1n) is 9.40. The van der Waals surface area contributed by atoms with Gasteiger partial charge in [-0.15, -0.1) is 0 Å². The maximum Gasteiger partial charge on any atom is 0.247 e. The number of benzene rings is 3. The van der Waals surface area contributed by atoms with Crippen molar-refractivity contribution in [1.82, 2.24) is 4.31 Å². The van der Waals surface area contributed by atoms with Gasteiger partial charge in [-0.05, 0) is 35.4 Å². The fraction of sp³-hybridized carbons (Fsp3) is 0.174. The Labute approximate surface area is 177 Å². The first kappa shape index (κ1) is 21.5. The van der Waals surface area contributed by atoms with Crippen LogP contribution in [0, 0.1) is 0 Å².